The molecule has 1 aromatic carbocycles. The monoisotopic (exact) mass is 163 g/mol. The van der Waals surface area contributed by atoms with Crippen LogP contribution in [-0.4, -0.2) is 6.10 Å². The van der Waals surface area contributed by atoms with Crippen molar-refractivity contribution in [3.8, 4) is 5.75 Å². The summed E-state index contributed by atoms with van der Waals surface area (Å²) < 4.78 is 5.62. The second-order valence-corrected chi connectivity index (χ2v) is 3.41. The van der Waals surface area contributed by atoms with Crippen molar-refractivity contribution in [1.82, 2.24) is 0 Å². The van der Waals surface area contributed by atoms with E-state index in [2.05, 4.69) is 13.8 Å². The average molecular weight is 163 g/mol. The number of hydrogen-bond donors (Lipinski definition) is 1. The minimum atomic E-state index is 0.279. The smallest absolute Gasteiger partial charge is 0.123 e. The lowest BCUT2D eigenvalue weighted by atomic mass is 9.98. The molecule has 2 heteroatoms. The normalized spacial score (nSPS) is 26.5. The van der Waals surface area contributed by atoms with E-state index in [1.54, 1.807) is 0 Å². The Morgan fingerprint density at radius 3 is 2.83 bits per heavy atom. The summed E-state index contributed by atoms with van der Waals surface area (Å²) in [5.74, 6) is 1.45. The first-order valence-corrected chi connectivity index (χ1v) is 4.24. The predicted molar refractivity (Wildman–Crippen MR) is 49.4 cm³/mol. The van der Waals surface area contributed by atoms with Gasteiger partial charge in [-0.25, -0.2) is 0 Å². The molecule has 12 heavy (non-hydrogen) atoms. The number of anilines is 1. The van der Waals surface area contributed by atoms with Crippen molar-refractivity contribution in [2.24, 2.45) is 0 Å². The zero-order chi connectivity index (χ0) is 8.72. The Kier molecular flexibility index (Phi) is 1.50. The van der Waals surface area contributed by atoms with Crippen molar-refractivity contribution in [2.75, 3.05) is 5.73 Å². The van der Waals surface area contributed by atoms with Gasteiger partial charge in [0.05, 0.1) is 0 Å². The van der Waals surface area contributed by atoms with E-state index in [9.17, 15) is 0 Å². The number of rotatable bonds is 0. The molecule has 2 N–H and O–H groups in total. The minimum absolute atomic E-state index is 0.279. The molecule has 0 bridgehead atoms. The van der Waals surface area contributed by atoms with Crippen molar-refractivity contribution in [2.45, 2.75) is 25.9 Å². The molecule has 2 rings (SSSR count). The van der Waals surface area contributed by atoms with E-state index in [-0.39, 0.29) is 6.10 Å². The van der Waals surface area contributed by atoms with Crippen LogP contribution in [0, 0.1) is 0 Å². The Bertz CT molecular complexity index is 309. The summed E-state index contributed by atoms with van der Waals surface area (Å²) in [5, 5.41) is 0. The first kappa shape index (κ1) is 7.47. The maximum absolute atomic E-state index is 5.68. The van der Waals surface area contributed by atoms with E-state index in [0.717, 1.165) is 11.4 Å². The van der Waals surface area contributed by atoms with Crippen LogP contribution < -0.4 is 10.5 Å². The van der Waals surface area contributed by atoms with Gasteiger partial charge in [-0.15, -0.1) is 0 Å². The highest BCUT2D eigenvalue weighted by molar-refractivity contribution is 5.51. The first-order chi connectivity index (χ1) is 5.68. The van der Waals surface area contributed by atoms with Gasteiger partial charge in [0.15, 0.2) is 0 Å². The molecule has 2 nitrogen and oxygen atoms in total. The Hall–Kier alpha value is -1.18. The predicted octanol–water partition coefficient (Wildman–Crippen LogP) is 2.15. The van der Waals surface area contributed by atoms with E-state index in [1.165, 1.54) is 5.56 Å². The molecule has 2 atom stereocenters. The molecule has 0 radical (unpaired) electrons. The van der Waals surface area contributed by atoms with Crippen LogP contribution in [0.2, 0.25) is 0 Å². The highest BCUT2D eigenvalue weighted by Gasteiger charge is 2.26. The van der Waals surface area contributed by atoms with Crippen LogP contribution in [-0.2, 0) is 0 Å². The molecule has 64 valence electrons. The van der Waals surface area contributed by atoms with Gasteiger partial charge in [-0.2, -0.15) is 0 Å². The van der Waals surface area contributed by atoms with Crippen LogP contribution in [0.5, 0.6) is 5.75 Å². The number of hydrogen-bond acceptors (Lipinski definition) is 2. The summed E-state index contributed by atoms with van der Waals surface area (Å²) in [6.07, 6.45) is 0.279. The molecule has 0 aliphatic carbocycles. The molecule has 0 unspecified atom stereocenters. The fourth-order valence-electron chi connectivity index (χ4n) is 1.59. The molecule has 1 aliphatic heterocycles. The standard InChI is InChI=1S/C10H13NO/c1-6-7(2)12-10-4-3-8(11)5-9(6)10/h3-7H,11H2,1-2H3/t6-,7-/m0/s1. The average Bonchev–Trinajstić information content (AvgIpc) is 2.31. The van der Waals surface area contributed by atoms with E-state index in [4.69, 9.17) is 10.5 Å². The SMILES string of the molecule is C[C@@H]1Oc2ccc(N)cc2[C@H]1C. The lowest BCUT2D eigenvalue weighted by molar-refractivity contribution is 0.232. The summed E-state index contributed by atoms with van der Waals surface area (Å²) in [6.45, 7) is 4.25. The Labute approximate surface area is 72.3 Å². The summed E-state index contributed by atoms with van der Waals surface area (Å²) in [7, 11) is 0. The Balaban J connectivity index is 2.48. The zero-order valence-electron chi connectivity index (χ0n) is 7.37. The van der Waals surface area contributed by atoms with Gasteiger partial charge in [0, 0.05) is 17.2 Å². The molecular weight excluding hydrogens is 150 g/mol. The van der Waals surface area contributed by atoms with E-state index in [0.29, 0.717) is 5.92 Å². The maximum Gasteiger partial charge on any atom is 0.123 e. The highest BCUT2D eigenvalue weighted by Crippen LogP contribution is 2.38. The molecule has 0 amide bonds. The molecule has 0 aromatic heterocycles. The van der Waals surface area contributed by atoms with Crippen molar-refractivity contribution in [3.05, 3.63) is 23.8 Å². The minimum Gasteiger partial charge on any atom is -0.490 e. The number of fused-ring (bicyclic) bond motifs is 1. The maximum atomic E-state index is 5.68. The van der Waals surface area contributed by atoms with Crippen molar-refractivity contribution < 1.29 is 4.74 Å². The Morgan fingerprint density at radius 2 is 2.08 bits per heavy atom. The molecule has 0 saturated carbocycles. The lowest BCUT2D eigenvalue weighted by Crippen LogP contribution is -2.10. The number of nitrogen functional groups attached to an aromatic ring is 1. The van der Waals surface area contributed by atoms with Crippen LogP contribution in [0.15, 0.2) is 18.2 Å². The molecule has 1 heterocycles. The van der Waals surface area contributed by atoms with Gasteiger partial charge in [-0.3, -0.25) is 0 Å². The summed E-state index contributed by atoms with van der Waals surface area (Å²) >= 11 is 0. The van der Waals surface area contributed by atoms with Gasteiger partial charge in [-0.1, -0.05) is 6.92 Å². The molecular formula is C10H13NO. The van der Waals surface area contributed by atoms with E-state index in [1.807, 2.05) is 18.2 Å². The second-order valence-electron chi connectivity index (χ2n) is 3.41. The van der Waals surface area contributed by atoms with Crippen molar-refractivity contribution >= 4 is 5.69 Å². The third-order valence-corrected chi connectivity index (χ3v) is 2.54. The van der Waals surface area contributed by atoms with Crippen LogP contribution in [0.4, 0.5) is 5.69 Å². The third kappa shape index (κ3) is 0.951. The lowest BCUT2D eigenvalue weighted by Gasteiger charge is -2.07. The molecule has 0 saturated heterocycles. The summed E-state index contributed by atoms with van der Waals surface area (Å²) in [4.78, 5) is 0. The molecule has 0 spiro atoms. The second kappa shape index (κ2) is 2.41. The topological polar surface area (TPSA) is 35.2 Å². The van der Waals surface area contributed by atoms with Gasteiger partial charge in [0.1, 0.15) is 11.9 Å². The number of benzene rings is 1. The first-order valence-electron chi connectivity index (χ1n) is 4.24. The summed E-state index contributed by atoms with van der Waals surface area (Å²) in [6, 6.07) is 5.83. The van der Waals surface area contributed by atoms with Gasteiger partial charge in [0.25, 0.3) is 0 Å². The van der Waals surface area contributed by atoms with Crippen molar-refractivity contribution in [3.63, 3.8) is 0 Å². The molecule has 1 aromatic rings. The molecule has 1 aliphatic rings. The fraction of sp³-hybridized carbons (Fsp3) is 0.400. The quantitative estimate of drug-likeness (QED) is 0.595. The van der Waals surface area contributed by atoms with Crippen LogP contribution in [0.25, 0.3) is 0 Å². The van der Waals surface area contributed by atoms with Gasteiger partial charge < -0.3 is 10.5 Å². The van der Waals surface area contributed by atoms with Crippen LogP contribution in [0.3, 0.4) is 0 Å². The van der Waals surface area contributed by atoms with E-state index < -0.39 is 0 Å². The van der Waals surface area contributed by atoms with Crippen molar-refractivity contribution in [1.29, 1.82) is 0 Å². The van der Waals surface area contributed by atoms with E-state index >= 15 is 0 Å². The third-order valence-electron chi connectivity index (χ3n) is 2.54. The Morgan fingerprint density at radius 1 is 1.33 bits per heavy atom. The van der Waals surface area contributed by atoms with Gasteiger partial charge >= 0.3 is 0 Å². The van der Waals surface area contributed by atoms with Crippen LogP contribution in [0.1, 0.15) is 25.3 Å². The molecule has 0 fully saturated rings. The number of ether oxygens (including phenoxy) is 1. The summed E-state index contributed by atoms with van der Waals surface area (Å²) in [5.41, 5.74) is 7.74. The largest absolute Gasteiger partial charge is 0.490 e. The fourth-order valence-corrected chi connectivity index (χ4v) is 1.59. The zero-order valence-corrected chi connectivity index (χ0v) is 7.37. The van der Waals surface area contributed by atoms with Gasteiger partial charge in [0.2, 0.25) is 0 Å². The van der Waals surface area contributed by atoms with Crippen LogP contribution >= 0.6 is 0 Å². The van der Waals surface area contributed by atoms with Gasteiger partial charge in [-0.05, 0) is 25.1 Å². The number of nitrogens with two attached hydrogens (primary N) is 1. The highest BCUT2D eigenvalue weighted by atomic mass is 16.5.